The van der Waals surface area contributed by atoms with Crippen molar-refractivity contribution in [3.63, 3.8) is 0 Å². The fraction of sp³-hybridized carbons (Fsp3) is 0.423. The molecule has 2 aliphatic rings. The summed E-state index contributed by atoms with van der Waals surface area (Å²) in [5.74, 6) is -0.668. The first-order chi connectivity index (χ1) is 15.9. The van der Waals surface area contributed by atoms with Crippen LogP contribution in [-0.4, -0.2) is 71.7 Å². The largest absolute Gasteiger partial charge is 0.326 e. The van der Waals surface area contributed by atoms with E-state index in [4.69, 9.17) is 0 Å². The number of carbonyl (C=O) groups is 3. The van der Waals surface area contributed by atoms with Crippen LogP contribution in [0.15, 0.2) is 42.5 Å². The Kier molecular flexibility index (Phi) is 7.20. The van der Waals surface area contributed by atoms with Crippen LogP contribution in [0.1, 0.15) is 51.6 Å². The first kappa shape index (κ1) is 23.1. The number of amides is 3. The van der Waals surface area contributed by atoms with Gasteiger partial charge >= 0.3 is 0 Å². The monoisotopic (exact) mass is 448 g/mol. The Morgan fingerprint density at radius 2 is 1.58 bits per heavy atom. The third-order valence-electron chi connectivity index (χ3n) is 6.47. The molecule has 0 saturated carbocycles. The molecule has 2 aliphatic heterocycles. The van der Waals surface area contributed by atoms with E-state index in [1.165, 1.54) is 10.5 Å². The molecular formula is C26H32N4O3. The number of fused-ring (bicyclic) bond motifs is 1. The fourth-order valence-electron chi connectivity index (χ4n) is 4.44. The highest BCUT2D eigenvalue weighted by Gasteiger charge is 2.34. The van der Waals surface area contributed by atoms with E-state index in [9.17, 15) is 14.4 Å². The molecule has 0 unspecified atom stereocenters. The summed E-state index contributed by atoms with van der Waals surface area (Å²) < 4.78 is 0. The Labute approximate surface area is 195 Å². The van der Waals surface area contributed by atoms with Gasteiger partial charge in [-0.25, -0.2) is 0 Å². The summed E-state index contributed by atoms with van der Waals surface area (Å²) in [4.78, 5) is 43.5. The molecule has 1 saturated heterocycles. The lowest BCUT2D eigenvalue weighted by Crippen LogP contribution is -2.45. The zero-order valence-electron chi connectivity index (χ0n) is 19.5. The van der Waals surface area contributed by atoms with Gasteiger partial charge in [-0.1, -0.05) is 30.7 Å². The molecule has 174 valence electrons. The molecule has 2 heterocycles. The maximum atomic E-state index is 12.5. The van der Waals surface area contributed by atoms with Crippen LogP contribution in [0.3, 0.4) is 0 Å². The summed E-state index contributed by atoms with van der Waals surface area (Å²) in [5, 5.41) is 2.91. The predicted molar refractivity (Wildman–Crippen MR) is 128 cm³/mol. The number of hydrogen-bond acceptors (Lipinski definition) is 5. The maximum absolute atomic E-state index is 12.5. The fourth-order valence-corrected chi connectivity index (χ4v) is 4.44. The number of anilines is 1. The van der Waals surface area contributed by atoms with Crippen molar-refractivity contribution in [2.24, 2.45) is 0 Å². The Morgan fingerprint density at radius 1 is 0.909 bits per heavy atom. The Balaban J connectivity index is 1.21. The number of piperazine rings is 1. The molecule has 3 amide bonds. The third-order valence-corrected chi connectivity index (χ3v) is 6.47. The Morgan fingerprint density at radius 3 is 2.27 bits per heavy atom. The number of carbonyl (C=O) groups excluding carboxylic acids is 3. The number of nitrogens with one attached hydrogen (secondary N) is 1. The van der Waals surface area contributed by atoms with Crippen molar-refractivity contribution in [1.82, 2.24) is 14.7 Å². The van der Waals surface area contributed by atoms with E-state index in [1.54, 1.807) is 12.1 Å². The van der Waals surface area contributed by atoms with Crippen molar-refractivity contribution < 1.29 is 14.4 Å². The Bertz CT molecular complexity index is 1030. The molecule has 4 rings (SSSR count). The van der Waals surface area contributed by atoms with Crippen LogP contribution in [0.4, 0.5) is 5.69 Å². The number of likely N-dealkylation sites (N-methyl/N-ethyl adjacent to an activating group) is 1. The van der Waals surface area contributed by atoms with E-state index in [-0.39, 0.29) is 30.7 Å². The second kappa shape index (κ2) is 10.3. The van der Waals surface area contributed by atoms with Gasteiger partial charge < -0.3 is 10.2 Å². The number of nitrogens with zero attached hydrogens (tertiary/aromatic N) is 3. The predicted octanol–water partition coefficient (Wildman–Crippen LogP) is 3.15. The molecule has 2 aromatic rings. The normalized spacial score (nSPS) is 16.8. The average molecular weight is 449 g/mol. The van der Waals surface area contributed by atoms with E-state index < -0.39 is 0 Å². The van der Waals surface area contributed by atoms with Gasteiger partial charge in [-0.3, -0.25) is 24.2 Å². The van der Waals surface area contributed by atoms with Crippen LogP contribution in [0.25, 0.3) is 0 Å². The molecule has 0 spiro atoms. The van der Waals surface area contributed by atoms with Gasteiger partial charge in [-0.2, -0.15) is 0 Å². The van der Waals surface area contributed by atoms with Crippen molar-refractivity contribution in [3.8, 4) is 0 Å². The summed E-state index contributed by atoms with van der Waals surface area (Å²) in [6.45, 7) is 10.8. The smallest absolute Gasteiger partial charge is 0.261 e. The second-order valence-electron chi connectivity index (χ2n) is 8.87. The van der Waals surface area contributed by atoms with Crippen LogP contribution in [-0.2, 0) is 11.3 Å². The minimum atomic E-state index is -0.276. The Hall–Kier alpha value is -3.03. The molecule has 7 nitrogen and oxygen atoms in total. The van der Waals surface area contributed by atoms with Crippen LogP contribution < -0.4 is 5.32 Å². The highest BCUT2D eigenvalue weighted by Crippen LogP contribution is 2.24. The van der Waals surface area contributed by atoms with Crippen molar-refractivity contribution in [1.29, 1.82) is 0 Å². The molecular weight excluding hydrogens is 416 g/mol. The lowest BCUT2D eigenvalue weighted by molar-refractivity contribution is -0.116. The molecule has 1 N–H and O–H groups in total. The molecule has 1 fully saturated rings. The second-order valence-corrected chi connectivity index (χ2v) is 8.87. The van der Waals surface area contributed by atoms with Crippen molar-refractivity contribution in [2.75, 3.05) is 44.6 Å². The van der Waals surface area contributed by atoms with Gasteiger partial charge in [0.25, 0.3) is 11.8 Å². The van der Waals surface area contributed by atoms with Crippen molar-refractivity contribution >= 4 is 23.4 Å². The maximum Gasteiger partial charge on any atom is 0.261 e. The minimum absolute atomic E-state index is 0.120. The van der Waals surface area contributed by atoms with Crippen LogP contribution >= 0.6 is 0 Å². The zero-order valence-corrected chi connectivity index (χ0v) is 19.5. The molecule has 0 atom stereocenters. The quantitative estimate of drug-likeness (QED) is 0.628. The van der Waals surface area contributed by atoms with E-state index in [2.05, 4.69) is 34.2 Å². The molecule has 0 bridgehead atoms. The molecule has 33 heavy (non-hydrogen) atoms. The molecule has 7 heteroatoms. The number of imide groups is 1. The summed E-state index contributed by atoms with van der Waals surface area (Å²) in [6.07, 6.45) is 0.675. The lowest BCUT2D eigenvalue weighted by Gasteiger charge is -2.34. The summed E-state index contributed by atoms with van der Waals surface area (Å²) in [6, 6.07) is 13.3. The van der Waals surface area contributed by atoms with Gasteiger partial charge in [0, 0.05) is 51.4 Å². The average Bonchev–Trinajstić information content (AvgIpc) is 3.05. The first-order valence-corrected chi connectivity index (χ1v) is 11.7. The molecule has 0 radical (unpaired) electrons. The standard InChI is InChI=1S/C26H32N4O3/c1-3-28-13-15-29(16-14-28)18-20-7-9-21(10-8-20)27-24(31)5-4-12-30-25(32)22-11-6-19(2)17-23(22)26(30)33/h6-11,17H,3-5,12-16,18H2,1-2H3,(H,27,31). The number of rotatable bonds is 8. The summed E-state index contributed by atoms with van der Waals surface area (Å²) >= 11 is 0. The highest BCUT2D eigenvalue weighted by atomic mass is 16.2. The zero-order chi connectivity index (χ0) is 23.4. The summed E-state index contributed by atoms with van der Waals surface area (Å²) in [7, 11) is 0. The van der Waals surface area contributed by atoms with Gasteiger partial charge in [0.05, 0.1) is 11.1 Å². The molecule has 0 aliphatic carbocycles. The van der Waals surface area contributed by atoms with Gasteiger partial charge in [-0.15, -0.1) is 0 Å². The van der Waals surface area contributed by atoms with Crippen LogP contribution in [0.2, 0.25) is 0 Å². The van der Waals surface area contributed by atoms with Crippen LogP contribution in [0.5, 0.6) is 0 Å². The SMILES string of the molecule is CCN1CCN(Cc2ccc(NC(=O)CCCN3C(=O)c4ccc(C)cc4C3=O)cc2)CC1. The van der Waals surface area contributed by atoms with E-state index in [0.717, 1.165) is 50.5 Å². The van der Waals surface area contributed by atoms with E-state index >= 15 is 0 Å². The highest BCUT2D eigenvalue weighted by molar-refractivity contribution is 6.21. The third kappa shape index (κ3) is 5.49. The van der Waals surface area contributed by atoms with E-state index in [1.807, 2.05) is 25.1 Å². The number of aryl methyl sites for hydroxylation is 1. The van der Waals surface area contributed by atoms with Crippen molar-refractivity contribution in [2.45, 2.75) is 33.2 Å². The first-order valence-electron chi connectivity index (χ1n) is 11.7. The topological polar surface area (TPSA) is 73.0 Å². The van der Waals surface area contributed by atoms with Crippen LogP contribution in [0, 0.1) is 6.92 Å². The van der Waals surface area contributed by atoms with Gasteiger partial charge in [0.2, 0.25) is 5.91 Å². The number of hydrogen-bond donors (Lipinski definition) is 1. The van der Waals surface area contributed by atoms with Gasteiger partial charge in [0.1, 0.15) is 0 Å². The minimum Gasteiger partial charge on any atom is -0.326 e. The molecule has 0 aromatic heterocycles. The van der Waals surface area contributed by atoms with Gasteiger partial charge in [0.15, 0.2) is 0 Å². The van der Waals surface area contributed by atoms with Crippen molar-refractivity contribution in [3.05, 3.63) is 64.7 Å². The molecule has 2 aromatic carbocycles. The lowest BCUT2D eigenvalue weighted by atomic mass is 10.1. The van der Waals surface area contributed by atoms with Gasteiger partial charge in [-0.05, 0) is 49.7 Å². The van der Waals surface area contributed by atoms with E-state index in [0.29, 0.717) is 17.5 Å². The number of benzene rings is 2. The summed E-state index contributed by atoms with van der Waals surface area (Å²) in [5.41, 5.74) is 3.84.